The fourth-order valence-corrected chi connectivity index (χ4v) is 2.80. The fourth-order valence-electron chi connectivity index (χ4n) is 2.80. The van der Waals surface area contributed by atoms with Crippen LogP contribution in [-0.4, -0.2) is 35.1 Å². The van der Waals surface area contributed by atoms with Gasteiger partial charge in [0.1, 0.15) is 5.82 Å². The Balaban J connectivity index is 1.87. The van der Waals surface area contributed by atoms with Crippen molar-refractivity contribution in [1.82, 2.24) is 15.3 Å². The molecule has 1 N–H and O–H groups in total. The Bertz CT molecular complexity index is 575. The summed E-state index contributed by atoms with van der Waals surface area (Å²) in [5, 5.41) is 3.56. The largest absolute Gasteiger partial charge is 0.351 e. The summed E-state index contributed by atoms with van der Waals surface area (Å²) in [6.45, 7) is 6.57. The van der Waals surface area contributed by atoms with Gasteiger partial charge in [-0.15, -0.1) is 0 Å². The number of aromatic nitrogens is 2. The maximum Gasteiger partial charge on any atom is 0.148 e. The number of para-hydroxylation sites is 2. The molecule has 0 spiro atoms. The predicted molar refractivity (Wildman–Crippen MR) is 83.0 cm³/mol. The number of benzene rings is 1. The first-order valence-corrected chi connectivity index (χ1v) is 7.46. The molecule has 4 nitrogen and oxygen atoms in total. The summed E-state index contributed by atoms with van der Waals surface area (Å²) in [5.74, 6) is 0.979. The molecule has 1 aromatic carbocycles. The van der Waals surface area contributed by atoms with Crippen LogP contribution in [0.3, 0.4) is 0 Å². The summed E-state index contributed by atoms with van der Waals surface area (Å²) in [7, 11) is 0. The van der Waals surface area contributed by atoms with Gasteiger partial charge in [0, 0.05) is 18.6 Å². The lowest BCUT2D eigenvalue weighted by atomic mass is 10.2. The number of anilines is 1. The van der Waals surface area contributed by atoms with Crippen molar-refractivity contribution in [1.29, 1.82) is 0 Å². The second kappa shape index (κ2) is 5.75. The van der Waals surface area contributed by atoms with E-state index in [-0.39, 0.29) is 0 Å². The topological polar surface area (TPSA) is 41.0 Å². The maximum atomic E-state index is 4.77. The highest BCUT2D eigenvalue weighted by atomic mass is 15.2. The Morgan fingerprint density at radius 3 is 2.80 bits per heavy atom. The molecule has 1 fully saturated rings. The van der Waals surface area contributed by atoms with Crippen molar-refractivity contribution < 1.29 is 0 Å². The Hall–Kier alpha value is -1.68. The number of nitrogens with zero attached hydrogens (tertiary/aromatic N) is 3. The van der Waals surface area contributed by atoms with E-state index in [9.17, 15) is 0 Å². The molecular formula is C16H22N4. The number of rotatable bonds is 4. The molecule has 2 aromatic rings. The van der Waals surface area contributed by atoms with E-state index in [2.05, 4.69) is 29.0 Å². The third-order valence-corrected chi connectivity index (χ3v) is 3.93. The Morgan fingerprint density at radius 2 is 2.10 bits per heavy atom. The minimum absolute atomic E-state index is 0.424. The lowest BCUT2D eigenvalue weighted by Gasteiger charge is -2.30. The van der Waals surface area contributed by atoms with Crippen molar-refractivity contribution >= 4 is 16.9 Å². The molecule has 4 heteroatoms. The first-order valence-electron chi connectivity index (χ1n) is 7.46. The van der Waals surface area contributed by atoms with Gasteiger partial charge in [0.15, 0.2) is 0 Å². The highest BCUT2D eigenvalue weighted by Crippen LogP contribution is 2.19. The van der Waals surface area contributed by atoms with Gasteiger partial charge >= 0.3 is 0 Å². The van der Waals surface area contributed by atoms with Gasteiger partial charge in [-0.1, -0.05) is 12.1 Å². The molecule has 1 aliphatic heterocycles. The average Bonchev–Trinajstić information content (AvgIpc) is 2.97. The third-order valence-electron chi connectivity index (χ3n) is 3.93. The van der Waals surface area contributed by atoms with Gasteiger partial charge < -0.3 is 10.2 Å². The predicted octanol–water partition coefficient (Wildman–Crippen LogP) is 2.60. The van der Waals surface area contributed by atoms with Crippen LogP contribution < -0.4 is 10.2 Å². The summed E-state index contributed by atoms with van der Waals surface area (Å²) in [4.78, 5) is 11.7. The molecule has 1 unspecified atom stereocenters. The van der Waals surface area contributed by atoms with Crippen LogP contribution >= 0.6 is 0 Å². The van der Waals surface area contributed by atoms with Gasteiger partial charge in [0.25, 0.3) is 0 Å². The minimum atomic E-state index is 0.424. The van der Waals surface area contributed by atoms with E-state index in [0.29, 0.717) is 12.1 Å². The van der Waals surface area contributed by atoms with Crippen molar-refractivity contribution in [2.45, 2.75) is 38.8 Å². The zero-order valence-corrected chi connectivity index (χ0v) is 12.2. The van der Waals surface area contributed by atoms with E-state index >= 15 is 0 Å². The maximum absolute atomic E-state index is 4.77. The van der Waals surface area contributed by atoms with Gasteiger partial charge in [0.05, 0.1) is 17.2 Å². The van der Waals surface area contributed by atoms with E-state index in [4.69, 9.17) is 4.98 Å². The highest BCUT2D eigenvalue weighted by molar-refractivity contribution is 5.75. The monoisotopic (exact) mass is 270 g/mol. The van der Waals surface area contributed by atoms with E-state index in [1.807, 2.05) is 30.5 Å². The molecule has 0 radical (unpaired) electrons. The molecule has 0 amide bonds. The van der Waals surface area contributed by atoms with Crippen molar-refractivity contribution in [2.75, 3.05) is 18.0 Å². The minimum Gasteiger partial charge on any atom is -0.351 e. The number of fused-ring (bicyclic) bond motifs is 1. The second-order valence-corrected chi connectivity index (χ2v) is 5.76. The first-order chi connectivity index (χ1) is 9.74. The van der Waals surface area contributed by atoms with Crippen molar-refractivity contribution in [3.63, 3.8) is 0 Å². The van der Waals surface area contributed by atoms with E-state index in [1.165, 1.54) is 12.8 Å². The lowest BCUT2D eigenvalue weighted by Crippen LogP contribution is -2.41. The van der Waals surface area contributed by atoms with Gasteiger partial charge in [-0.3, -0.25) is 4.98 Å². The van der Waals surface area contributed by atoms with E-state index < -0.39 is 0 Å². The van der Waals surface area contributed by atoms with Crippen LogP contribution in [0.2, 0.25) is 0 Å². The zero-order valence-electron chi connectivity index (χ0n) is 12.2. The molecule has 1 saturated heterocycles. The fraction of sp³-hybridized carbons (Fsp3) is 0.500. The molecule has 20 heavy (non-hydrogen) atoms. The molecular weight excluding hydrogens is 248 g/mol. The van der Waals surface area contributed by atoms with Crippen LogP contribution in [0.15, 0.2) is 30.5 Å². The first kappa shape index (κ1) is 13.3. The molecule has 1 aromatic heterocycles. The molecule has 1 aliphatic rings. The van der Waals surface area contributed by atoms with Gasteiger partial charge in [-0.2, -0.15) is 0 Å². The van der Waals surface area contributed by atoms with Crippen LogP contribution in [-0.2, 0) is 0 Å². The lowest BCUT2D eigenvalue weighted by molar-refractivity contribution is 0.549. The number of hydrogen-bond donors (Lipinski definition) is 1. The summed E-state index contributed by atoms with van der Waals surface area (Å²) in [6, 6.07) is 9.04. The Morgan fingerprint density at radius 1 is 1.30 bits per heavy atom. The molecule has 0 saturated carbocycles. The van der Waals surface area contributed by atoms with Crippen molar-refractivity contribution in [2.24, 2.45) is 0 Å². The Labute approximate surface area is 120 Å². The van der Waals surface area contributed by atoms with Crippen LogP contribution in [0.5, 0.6) is 0 Å². The van der Waals surface area contributed by atoms with Crippen LogP contribution in [0.4, 0.5) is 5.82 Å². The quantitative estimate of drug-likeness (QED) is 0.927. The average molecular weight is 270 g/mol. The van der Waals surface area contributed by atoms with E-state index in [0.717, 1.165) is 29.9 Å². The second-order valence-electron chi connectivity index (χ2n) is 5.76. The smallest absolute Gasteiger partial charge is 0.148 e. The molecule has 3 rings (SSSR count). The number of nitrogens with one attached hydrogen (secondary N) is 1. The third kappa shape index (κ3) is 2.75. The molecule has 1 atom stereocenters. The molecule has 106 valence electrons. The van der Waals surface area contributed by atoms with E-state index in [1.54, 1.807) is 0 Å². The zero-order chi connectivity index (χ0) is 13.9. The Kier molecular flexibility index (Phi) is 3.83. The van der Waals surface area contributed by atoms with Gasteiger partial charge in [0.2, 0.25) is 0 Å². The molecule has 0 aliphatic carbocycles. The summed E-state index contributed by atoms with van der Waals surface area (Å²) in [6.07, 6.45) is 4.43. The summed E-state index contributed by atoms with van der Waals surface area (Å²) in [5.41, 5.74) is 1.92. The summed E-state index contributed by atoms with van der Waals surface area (Å²) < 4.78 is 0. The number of hydrogen-bond acceptors (Lipinski definition) is 4. The normalized spacial score (nSPS) is 18.9. The SMILES string of the molecule is CC(C)N(CC1CCCN1)c1cnc2ccccc2n1. The van der Waals surface area contributed by atoms with Gasteiger partial charge in [-0.05, 0) is 45.4 Å². The highest BCUT2D eigenvalue weighted by Gasteiger charge is 2.21. The summed E-state index contributed by atoms with van der Waals surface area (Å²) >= 11 is 0. The molecule has 0 bridgehead atoms. The molecule has 2 heterocycles. The van der Waals surface area contributed by atoms with Gasteiger partial charge in [-0.25, -0.2) is 4.98 Å². The standard InChI is InChI=1S/C16H22N4/c1-12(2)20(11-13-6-5-9-17-13)16-10-18-14-7-3-4-8-15(14)19-16/h3-4,7-8,10,12-13,17H,5-6,9,11H2,1-2H3. The van der Waals surface area contributed by atoms with Crippen molar-refractivity contribution in [3.8, 4) is 0 Å². The van der Waals surface area contributed by atoms with Crippen LogP contribution in [0.1, 0.15) is 26.7 Å². The van der Waals surface area contributed by atoms with Crippen LogP contribution in [0, 0.1) is 0 Å². The van der Waals surface area contributed by atoms with Crippen LogP contribution in [0.25, 0.3) is 11.0 Å². The van der Waals surface area contributed by atoms with Crippen molar-refractivity contribution in [3.05, 3.63) is 30.5 Å².